The minimum Gasteiger partial charge on any atom is -0.294 e. The molecule has 10 heavy (non-hydrogen) atoms. The fourth-order valence-electron chi connectivity index (χ4n) is 1.30. The third-order valence-electron chi connectivity index (χ3n) is 1.85. The first kappa shape index (κ1) is 6.23. The van der Waals surface area contributed by atoms with Crippen LogP contribution in [0.5, 0.6) is 0 Å². The fourth-order valence-corrected chi connectivity index (χ4v) is 2.45. The van der Waals surface area contributed by atoms with Gasteiger partial charge in [-0.05, 0) is 6.42 Å². The number of hydrogen-bond donors (Lipinski definition) is 0. The summed E-state index contributed by atoms with van der Waals surface area (Å²) in [6.07, 6.45) is 7.11. The van der Waals surface area contributed by atoms with Gasteiger partial charge >= 0.3 is 0 Å². The molecule has 2 rings (SSSR count). The zero-order valence-corrected chi connectivity index (χ0v) is 6.36. The molecule has 0 N–H and O–H groups in total. The number of allylic oxidation sites excluding steroid dienone is 3. The van der Waals surface area contributed by atoms with Gasteiger partial charge in [-0.3, -0.25) is 4.79 Å². The molecule has 0 aromatic carbocycles. The molecule has 0 aromatic heterocycles. The van der Waals surface area contributed by atoms with Crippen molar-refractivity contribution in [3.8, 4) is 0 Å². The summed E-state index contributed by atoms with van der Waals surface area (Å²) in [4.78, 5) is 11.1. The van der Waals surface area contributed by atoms with Crippen molar-refractivity contribution in [2.24, 2.45) is 0 Å². The maximum absolute atomic E-state index is 11.1. The number of hydrogen-bond acceptors (Lipinski definition) is 2. The van der Waals surface area contributed by atoms with Crippen molar-refractivity contribution in [3.63, 3.8) is 0 Å². The summed E-state index contributed by atoms with van der Waals surface area (Å²) < 4.78 is 0. The lowest BCUT2D eigenvalue weighted by Crippen LogP contribution is -2.06. The number of Topliss-reactive ketones (excluding diaryl/α,β-unsaturated/α-hetero) is 1. The lowest BCUT2D eigenvalue weighted by atomic mass is 10.0. The Morgan fingerprint density at radius 3 is 3.30 bits per heavy atom. The summed E-state index contributed by atoms with van der Waals surface area (Å²) in [6.45, 7) is 0. The number of ketones is 1. The molecule has 1 heterocycles. The molecular formula is C8H8OS. The second-order valence-corrected chi connectivity index (χ2v) is 3.70. The van der Waals surface area contributed by atoms with Gasteiger partial charge in [-0.15, -0.1) is 11.8 Å². The number of fused-ring (bicyclic) bond motifs is 1. The van der Waals surface area contributed by atoms with E-state index >= 15 is 0 Å². The lowest BCUT2D eigenvalue weighted by Gasteiger charge is -2.08. The molecule has 1 nitrogen and oxygen atoms in total. The van der Waals surface area contributed by atoms with Gasteiger partial charge in [0, 0.05) is 10.8 Å². The second kappa shape index (κ2) is 2.27. The van der Waals surface area contributed by atoms with Gasteiger partial charge in [0.05, 0.1) is 5.75 Å². The van der Waals surface area contributed by atoms with Crippen molar-refractivity contribution in [3.05, 3.63) is 23.8 Å². The molecule has 1 unspecified atom stereocenters. The second-order valence-electron chi connectivity index (χ2n) is 2.51. The van der Waals surface area contributed by atoms with E-state index in [2.05, 4.69) is 6.08 Å². The highest BCUT2D eigenvalue weighted by Gasteiger charge is 2.28. The molecule has 0 radical (unpaired) electrons. The number of carbonyl (C=O) groups excluding carboxylic acids is 1. The first-order valence-corrected chi connectivity index (χ1v) is 4.44. The van der Waals surface area contributed by atoms with E-state index in [1.54, 1.807) is 11.8 Å². The molecule has 0 spiro atoms. The summed E-state index contributed by atoms with van der Waals surface area (Å²) in [5.41, 5.74) is 1.03. The monoisotopic (exact) mass is 152 g/mol. The van der Waals surface area contributed by atoms with Crippen LogP contribution >= 0.6 is 11.8 Å². The van der Waals surface area contributed by atoms with Crippen molar-refractivity contribution < 1.29 is 4.79 Å². The van der Waals surface area contributed by atoms with Gasteiger partial charge in [0.2, 0.25) is 0 Å². The molecule has 1 aliphatic carbocycles. The van der Waals surface area contributed by atoms with Gasteiger partial charge < -0.3 is 0 Å². The first-order chi connectivity index (χ1) is 4.88. The van der Waals surface area contributed by atoms with Crippen LogP contribution in [0, 0.1) is 0 Å². The average Bonchev–Trinajstić information content (AvgIpc) is 2.34. The van der Waals surface area contributed by atoms with Crippen LogP contribution in [0.25, 0.3) is 0 Å². The summed E-state index contributed by atoms with van der Waals surface area (Å²) in [5.74, 6) is 1.03. The fraction of sp³-hybridized carbons (Fsp3) is 0.375. The first-order valence-electron chi connectivity index (χ1n) is 3.39. The molecule has 0 amide bonds. The van der Waals surface area contributed by atoms with E-state index in [9.17, 15) is 4.79 Å². The molecule has 1 atom stereocenters. The predicted molar refractivity (Wildman–Crippen MR) is 43.1 cm³/mol. The Balaban J connectivity index is 2.33. The van der Waals surface area contributed by atoms with E-state index in [1.807, 2.05) is 12.2 Å². The quantitative estimate of drug-likeness (QED) is 0.524. The predicted octanol–water partition coefficient (Wildman–Crippen LogP) is 1.56. The Morgan fingerprint density at radius 1 is 1.60 bits per heavy atom. The van der Waals surface area contributed by atoms with E-state index in [-0.39, 0.29) is 0 Å². The molecule has 52 valence electrons. The van der Waals surface area contributed by atoms with Crippen LogP contribution in [0.1, 0.15) is 6.42 Å². The summed E-state index contributed by atoms with van der Waals surface area (Å²) in [7, 11) is 0. The van der Waals surface area contributed by atoms with Crippen LogP contribution in [0.4, 0.5) is 0 Å². The van der Waals surface area contributed by atoms with E-state index in [0.717, 1.165) is 12.0 Å². The van der Waals surface area contributed by atoms with E-state index in [1.165, 1.54) is 0 Å². The molecule has 1 fully saturated rings. The third kappa shape index (κ3) is 0.833. The summed E-state index contributed by atoms with van der Waals surface area (Å²) >= 11 is 1.77. The Hall–Kier alpha value is -0.500. The van der Waals surface area contributed by atoms with E-state index in [0.29, 0.717) is 16.8 Å². The van der Waals surface area contributed by atoms with Crippen molar-refractivity contribution in [2.75, 3.05) is 5.75 Å². The van der Waals surface area contributed by atoms with Crippen LogP contribution < -0.4 is 0 Å². The lowest BCUT2D eigenvalue weighted by molar-refractivity contribution is -0.113. The number of rotatable bonds is 0. The maximum Gasteiger partial charge on any atom is 0.169 e. The highest BCUT2D eigenvalue weighted by atomic mass is 32.2. The topological polar surface area (TPSA) is 17.1 Å². The normalized spacial score (nSPS) is 30.2. The molecule has 0 aromatic rings. The highest BCUT2D eigenvalue weighted by molar-refractivity contribution is 8.01. The standard InChI is InChI=1S/C8H8OS/c9-7-5-10-8-4-2-1-3-6(7)8/h1-3,8H,4-5H2. The summed E-state index contributed by atoms with van der Waals surface area (Å²) in [6, 6.07) is 0. The van der Waals surface area contributed by atoms with Gasteiger partial charge in [0.15, 0.2) is 5.78 Å². The number of carbonyl (C=O) groups is 1. The molecule has 2 heteroatoms. The van der Waals surface area contributed by atoms with Gasteiger partial charge in [0.1, 0.15) is 0 Å². The van der Waals surface area contributed by atoms with Crippen molar-refractivity contribution >= 4 is 17.5 Å². The molecule has 1 saturated heterocycles. The Bertz CT molecular complexity index is 227. The van der Waals surface area contributed by atoms with Gasteiger partial charge in [-0.2, -0.15) is 0 Å². The maximum atomic E-state index is 11.1. The average molecular weight is 152 g/mol. The molecule has 0 bridgehead atoms. The van der Waals surface area contributed by atoms with E-state index in [4.69, 9.17) is 0 Å². The molecule has 2 aliphatic rings. The van der Waals surface area contributed by atoms with Gasteiger partial charge in [-0.1, -0.05) is 18.2 Å². The SMILES string of the molecule is O=C1CSC2CC=CC=C12. The largest absolute Gasteiger partial charge is 0.294 e. The zero-order valence-electron chi connectivity index (χ0n) is 5.54. The van der Waals surface area contributed by atoms with Crippen molar-refractivity contribution in [1.29, 1.82) is 0 Å². The van der Waals surface area contributed by atoms with Crippen LogP contribution in [0.15, 0.2) is 23.8 Å². The van der Waals surface area contributed by atoms with E-state index < -0.39 is 0 Å². The number of thioether (sulfide) groups is 1. The van der Waals surface area contributed by atoms with Crippen LogP contribution in [0.2, 0.25) is 0 Å². The minimum absolute atomic E-state index is 0.333. The molecule has 1 aliphatic heterocycles. The Kier molecular flexibility index (Phi) is 1.42. The van der Waals surface area contributed by atoms with Crippen molar-refractivity contribution in [2.45, 2.75) is 11.7 Å². The zero-order chi connectivity index (χ0) is 6.97. The van der Waals surface area contributed by atoms with Crippen LogP contribution in [0.3, 0.4) is 0 Å². The van der Waals surface area contributed by atoms with Crippen LogP contribution in [-0.4, -0.2) is 16.8 Å². The van der Waals surface area contributed by atoms with Crippen LogP contribution in [-0.2, 0) is 4.79 Å². The minimum atomic E-state index is 0.333. The Labute approximate surface area is 64.2 Å². The van der Waals surface area contributed by atoms with Crippen molar-refractivity contribution in [1.82, 2.24) is 0 Å². The molecular weight excluding hydrogens is 144 g/mol. The highest BCUT2D eigenvalue weighted by Crippen LogP contribution is 2.33. The molecule has 0 saturated carbocycles. The summed E-state index contributed by atoms with van der Waals surface area (Å²) in [5, 5.41) is 0.484. The van der Waals surface area contributed by atoms with Gasteiger partial charge in [-0.25, -0.2) is 0 Å². The third-order valence-corrected chi connectivity index (χ3v) is 3.12. The smallest absolute Gasteiger partial charge is 0.169 e. The Morgan fingerprint density at radius 2 is 2.50 bits per heavy atom. The van der Waals surface area contributed by atoms with Gasteiger partial charge in [0.25, 0.3) is 0 Å².